The minimum absolute atomic E-state index is 0.00612. The molecule has 9 heteroatoms. The van der Waals surface area contributed by atoms with Crippen LogP contribution in [0.2, 0.25) is 0 Å². The van der Waals surface area contributed by atoms with Crippen molar-refractivity contribution in [1.82, 2.24) is 9.80 Å². The van der Waals surface area contributed by atoms with Crippen molar-refractivity contribution in [3.05, 3.63) is 52.2 Å². The second kappa shape index (κ2) is 15.7. The van der Waals surface area contributed by atoms with Gasteiger partial charge < -0.3 is 29.3 Å². The largest absolute Gasteiger partial charge is 0.497 e. The number of hydrogen-bond acceptors (Lipinski definition) is 8. The maximum Gasteiger partial charge on any atom is 0.219 e. The van der Waals surface area contributed by atoms with Crippen molar-refractivity contribution in [1.29, 1.82) is 0 Å². The van der Waals surface area contributed by atoms with Gasteiger partial charge in [-0.25, -0.2) is 0 Å². The molecular weight excluding hydrogens is 516 g/mol. The van der Waals surface area contributed by atoms with Crippen molar-refractivity contribution in [2.24, 2.45) is 11.8 Å². The molecule has 2 aromatic rings. The number of rotatable bonds is 6. The van der Waals surface area contributed by atoms with Crippen LogP contribution < -0.4 is 4.74 Å². The average Bonchev–Trinajstić information content (AvgIpc) is 3.43. The molecule has 0 unspecified atom stereocenters. The topological polar surface area (TPSA) is 91.7 Å². The van der Waals surface area contributed by atoms with Gasteiger partial charge in [-0.2, -0.15) is 0 Å². The first-order valence-electron chi connectivity index (χ1n) is 13.9. The van der Waals surface area contributed by atoms with Crippen molar-refractivity contribution >= 4 is 17.2 Å². The number of ether oxygens (including phenoxy) is 3. The summed E-state index contributed by atoms with van der Waals surface area (Å²) in [4.78, 5) is 18.5. The summed E-state index contributed by atoms with van der Waals surface area (Å²) >= 11 is 1.75. The lowest BCUT2D eigenvalue weighted by atomic mass is 9.82. The molecule has 8 nitrogen and oxygen atoms in total. The van der Waals surface area contributed by atoms with Gasteiger partial charge in [-0.1, -0.05) is 32.0 Å². The normalized spacial score (nSPS) is 26.7. The predicted molar refractivity (Wildman–Crippen MR) is 154 cm³/mol. The fraction of sp³-hybridized carbons (Fsp3) is 0.633. The highest BCUT2D eigenvalue weighted by molar-refractivity contribution is 7.09. The molecule has 0 saturated carbocycles. The molecular formula is C30H46N2O6S. The van der Waals surface area contributed by atoms with E-state index in [4.69, 9.17) is 14.2 Å². The molecule has 0 spiro atoms. The van der Waals surface area contributed by atoms with Gasteiger partial charge >= 0.3 is 0 Å². The Labute approximate surface area is 237 Å². The van der Waals surface area contributed by atoms with E-state index >= 15 is 0 Å². The number of carbonyl (C=O) groups excluding carboxylic acids is 1. The third-order valence-electron chi connectivity index (χ3n) is 7.66. The van der Waals surface area contributed by atoms with Gasteiger partial charge in [-0.15, -0.1) is 11.3 Å². The lowest BCUT2D eigenvalue weighted by Gasteiger charge is -2.42. The molecule has 0 radical (unpaired) electrons. The van der Waals surface area contributed by atoms with Crippen LogP contribution in [0.15, 0.2) is 41.8 Å². The number of benzene rings is 1. The summed E-state index contributed by atoms with van der Waals surface area (Å²) in [5, 5.41) is 23.5. The van der Waals surface area contributed by atoms with Crippen LogP contribution >= 0.6 is 11.3 Å². The summed E-state index contributed by atoms with van der Waals surface area (Å²) in [6.07, 6.45) is -1.29. The zero-order valence-electron chi connectivity index (χ0n) is 24.0. The van der Waals surface area contributed by atoms with E-state index in [0.717, 1.165) is 37.2 Å². The highest BCUT2D eigenvalue weighted by atomic mass is 32.1. The maximum absolute atomic E-state index is 13.0. The Morgan fingerprint density at radius 3 is 2.59 bits per heavy atom. The summed E-state index contributed by atoms with van der Waals surface area (Å²) in [7, 11) is 3.18. The minimum atomic E-state index is -1.18. The van der Waals surface area contributed by atoms with Crippen molar-refractivity contribution in [2.75, 3.05) is 47.1 Å². The SMILES string of the molecule is COc1cccc([C@@H]2[C@@H](C(C)C)CN(C(C)=O)C[C@H](OC)[C@@H](O)[C@@H](O)COCCCCN2Cc2cccs2)c1. The van der Waals surface area contributed by atoms with Gasteiger partial charge in [0.15, 0.2) is 0 Å². The Bertz CT molecular complexity index is 988. The molecule has 218 valence electrons. The molecule has 2 heterocycles. The monoisotopic (exact) mass is 562 g/mol. The Hall–Kier alpha value is -2.01. The van der Waals surface area contributed by atoms with Gasteiger partial charge in [0.05, 0.1) is 13.7 Å². The Morgan fingerprint density at radius 1 is 1.15 bits per heavy atom. The van der Waals surface area contributed by atoms with Crippen LogP contribution in [-0.4, -0.2) is 91.3 Å². The van der Waals surface area contributed by atoms with Crippen LogP contribution in [0.5, 0.6) is 5.75 Å². The smallest absolute Gasteiger partial charge is 0.219 e. The maximum atomic E-state index is 13.0. The zero-order chi connectivity index (χ0) is 28.4. The second-order valence-corrected chi connectivity index (χ2v) is 11.7. The molecule has 0 aliphatic carbocycles. The molecule has 1 amide bonds. The van der Waals surface area contributed by atoms with E-state index in [1.807, 2.05) is 12.1 Å². The Kier molecular flexibility index (Phi) is 12.7. The van der Waals surface area contributed by atoms with E-state index in [1.54, 1.807) is 30.3 Å². The first-order valence-corrected chi connectivity index (χ1v) is 14.8. The van der Waals surface area contributed by atoms with Crippen LogP contribution in [-0.2, 0) is 20.8 Å². The molecule has 2 N–H and O–H groups in total. The molecule has 1 aliphatic rings. The molecule has 39 heavy (non-hydrogen) atoms. The van der Waals surface area contributed by atoms with Crippen molar-refractivity contribution < 1.29 is 29.2 Å². The highest BCUT2D eigenvalue weighted by Gasteiger charge is 2.36. The van der Waals surface area contributed by atoms with E-state index in [-0.39, 0.29) is 36.9 Å². The number of carbonyl (C=O) groups is 1. The third-order valence-corrected chi connectivity index (χ3v) is 8.52. The molecule has 1 aliphatic heterocycles. The van der Waals surface area contributed by atoms with Gasteiger partial charge in [0.2, 0.25) is 5.91 Å². The van der Waals surface area contributed by atoms with E-state index in [0.29, 0.717) is 13.2 Å². The summed E-state index contributed by atoms with van der Waals surface area (Å²) in [5.41, 5.74) is 1.15. The number of thiophene rings is 1. The predicted octanol–water partition coefficient (Wildman–Crippen LogP) is 3.97. The van der Waals surface area contributed by atoms with E-state index in [1.165, 1.54) is 12.0 Å². The molecule has 1 fully saturated rings. The van der Waals surface area contributed by atoms with Crippen molar-refractivity contribution in [3.8, 4) is 5.75 Å². The fourth-order valence-corrected chi connectivity index (χ4v) is 6.07. The molecule has 1 aromatic heterocycles. The average molecular weight is 563 g/mol. The van der Waals surface area contributed by atoms with Crippen LogP contribution in [0.25, 0.3) is 0 Å². The van der Waals surface area contributed by atoms with Crippen LogP contribution in [0.1, 0.15) is 50.1 Å². The van der Waals surface area contributed by atoms with E-state index < -0.39 is 18.3 Å². The molecule has 1 saturated heterocycles. The number of aliphatic hydroxyl groups excluding tert-OH is 2. The zero-order valence-corrected chi connectivity index (χ0v) is 24.8. The van der Waals surface area contributed by atoms with Crippen LogP contribution in [0.4, 0.5) is 0 Å². The Morgan fingerprint density at radius 2 is 1.95 bits per heavy atom. The summed E-state index contributed by atoms with van der Waals surface area (Å²) < 4.78 is 16.9. The first-order chi connectivity index (χ1) is 18.7. The van der Waals surface area contributed by atoms with Crippen LogP contribution in [0.3, 0.4) is 0 Å². The number of aliphatic hydroxyl groups is 2. The van der Waals surface area contributed by atoms with Gasteiger partial charge in [-0.05, 0) is 60.4 Å². The van der Waals surface area contributed by atoms with Crippen molar-refractivity contribution in [2.45, 2.75) is 64.5 Å². The number of amides is 1. The standard InChI is InChI=1S/C30H46N2O6S/c1-21(2)26-18-32(22(3)33)19-28(37-5)30(35)27(34)20-38-14-7-6-13-31(17-25-12-9-15-39-25)29(26)23-10-8-11-24(16-23)36-4/h8-12,15-16,21,26-30,34-35H,6-7,13-14,17-20H2,1-5H3/t26-,27+,28+,29-,30+/m1/s1. The van der Waals surface area contributed by atoms with E-state index in [2.05, 4.69) is 48.4 Å². The second-order valence-electron chi connectivity index (χ2n) is 10.7. The first kappa shape index (κ1) is 31.5. The van der Waals surface area contributed by atoms with Gasteiger partial charge in [0.25, 0.3) is 0 Å². The van der Waals surface area contributed by atoms with E-state index in [9.17, 15) is 15.0 Å². The number of hydrogen-bond donors (Lipinski definition) is 2. The molecule has 5 atom stereocenters. The van der Waals surface area contributed by atoms with Gasteiger partial charge in [-0.3, -0.25) is 9.69 Å². The van der Waals surface area contributed by atoms with Crippen LogP contribution in [0, 0.1) is 11.8 Å². The number of methoxy groups -OCH3 is 2. The van der Waals surface area contributed by atoms with Gasteiger partial charge in [0.1, 0.15) is 24.1 Å². The minimum Gasteiger partial charge on any atom is -0.497 e. The summed E-state index contributed by atoms with van der Waals surface area (Å²) in [5.74, 6) is 1.01. The molecule has 0 bridgehead atoms. The number of nitrogens with zero attached hydrogens (tertiary/aromatic N) is 2. The van der Waals surface area contributed by atoms with Gasteiger partial charge in [0, 0.05) is 51.2 Å². The van der Waals surface area contributed by atoms with Crippen molar-refractivity contribution in [3.63, 3.8) is 0 Å². The molecule has 3 rings (SSSR count). The Balaban J connectivity index is 2.08. The third kappa shape index (κ3) is 8.99. The quantitative estimate of drug-likeness (QED) is 0.551. The lowest BCUT2D eigenvalue weighted by molar-refractivity contribution is -0.138. The summed E-state index contributed by atoms with van der Waals surface area (Å²) in [6.45, 7) is 8.75. The summed E-state index contributed by atoms with van der Waals surface area (Å²) in [6, 6.07) is 12.5. The fourth-order valence-electron chi connectivity index (χ4n) is 5.34. The molecule has 1 aromatic carbocycles. The highest BCUT2D eigenvalue weighted by Crippen LogP contribution is 2.37. The lowest BCUT2D eigenvalue weighted by Crippen LogP contribution is -2.50.